The number of carboxylic acid groups (broad SMARTS) is 1. The van der Waals surface area contributed by atoms with E-state index in [4.69, 9.17) is 0 Å². The summed E-state index contributed by atoms with van der Waals surface area (Å²) in [5.74, 6) is -0.761. The van der Waals surface area contributed by atoms with Gasteiger partial charge in [-0.3, -0.25) is 10.1 Å². The molecule has 112 valence electrons. The van der Waals surface area contributed by atoms with E-state index in [0.29, 0.717) is 13.0 Å². The molecule has 2 N–H and O–H groups in total. The monoisotopic (exact) mass is 303 g/mol. The van der Waals surface area contributed by atoms with E-state index in [2.05, 4.69) is 36.5 Å². The van der Waals surface area contributed by atoms with Crippen LogP contribution in [0.3, 0.4) is 0 Å². The van der Waals surface area contributed by atoms with Crippen molar-refractivity contribution in [3.8, 4) is 10.4 Å². The van der Waals surface area contributed by atoms with Gasteiger partial charge in [0.1, 0.15) is 6.04 Å². The Balaban J connectivity index is 1.94. The Morgan fingerprint density at radius 2 is 2.00 bits per heavy atom. The molecule has 21 heavy (non-hydrogen) atoms. The number of carbonyl (C=O) groups is 1. The predicted molar refractivity (Wildman–Crippen MR) is 87.5 cm³/mol. The summed E-state index contributed by atoms with van der Waals surface area (Å²) in [6.07, 6.45) is 2.63. The van der Waals surface area contributed by atoms with Crippen molar-refractivity contribution in [3.63, 3.8) is 0 Å². The first-order valence-electron chi connectivity index (χ1n) is 7.31. The molecule has 0 saturated carbocycles. The number of aliphatic carboxylic acids is 1. The van der Waals surface area contributed by atoms with E-state index >= 15 is 0 Å². The molecular weight excluding hydrogens is 282 g/mol. The van der Waals surface area contributed by atoms with Crippen LogP contribution in [0.15, 0.2) is 42.5 Å². The fourth-order valence-corrected chi connectivity index (χ4v) is 3.14. The SMILES string of the molecule is CCCCC(NCc1ccc(-c2ccccc2)s1)C(=O)O. The number of benzene rings is 1. The molecule has 0 aliphatic heterocycles. The molecule has 2 aromatic rings. The lowest BCUT2D eigenvalue weighted by Crippen LogP contribution is -2.35. The molecule has 0 amide bonds. The van der Waals surface area contributed by atoms with Crippen LogP contribution in [0.25, 0.3) is 10.4 Å². The number of nitrogens with one attached hydrogen (secondary N) is 1. The molecule has 1 atom stereocenters. The Morgan fingerprint density at radius 1 is 1.24 bits per heavy atom. The van der Waals surface area contributed by atoms with E-state index in [1.54, 1.807) is 11.3 Å². The third kappa shape index (κ3) is 4.69. The van der Waals surface area contributed by atoms with Crippen molar-refractivity contribution in [1.82, 2.24) is 5.32 Å². The molecule has 0 radical (unpaired) electrons. The summed E-state index contributed by atoms with van der Waals surface area (Å²) in [7, 11) is 0. The van der Waals surface area contributed by atoms with E-state index in [9.17, 15) is 9.90 Å². The van der Waals surface area contributed by atoms with Crippen LogP contribution in [0, 0.1) is 0 Å². The Hall–Kier alpha value is -1.65. The van der Waals surface area contributed by atoms with Crippen LogP contribution in [-0.2, 0) is 11.3 Å². The first-order valence-corrected chi connectivity index (χ1v) is 8.12. The van der Waals surface area contributed by atoms with E-state index in [0.717, 1.165) is 17.7 Å². The summed E-state index contributed by atoms with van der Waals surface area (Å²) in [5.41, 5.74) is 1.20. The molecule has 4 heteroatoms. The first kappa shape index (κ1) is 15.7. The summed E-state index contributed by atoms with van der Waals surface area (Å²) in [6, 6.07) is 13.9. The molecule has 0 saturated heterocycles. The summed E-state index contributed by atoms with van der Waals surface area (Å²) in [5, 5.41) is 12.3. The van der Waals surface area contributed by atoms with E-state index in [-0.39, 0.29) is 0 Å². The molecule has 1 aromatic carbocycles. The third-order valence-electron chi connectivity index (χ3n) is 3.39. The predicted octanol–water partition coefficient (Wildman–Crippen LogP) is 4.15. The van der Waals surface area contributed by atoms with Crippen LogP contribution in [0.4, 0.5) is 0 Å². The maximum Gasteiger partial charge on any atom is 0.320 e. The van der Waals surface area contributed by atoms with Crippen LogP contribution in [0.2, 0.25) is 0 Å². The minimum absolute atomic E-state index is 0.452. The van der Waals surface area contributed by atoms with Gasteiger partial charge < -0.3 is 5.11 Å². The normalized spacial score (nSPS) is 12.2. The van der Waals surface area contributed by atoms with Gasteiger partial charge in [-0.2, -0.15) is 0 Å². The molecule has 1 heterocycles. The van der Waals surface area contributed by atoms with Crippen LogP contribution in [0.1, 0.15) is 31.1 Å². The Kier molecular flexibility index (Phi) is 5.96. The average molecular weight is 303 g/mol. The second kappa shape index (κ2) is 7.96. The highest BCUT2D eigenvalue weighted by Crippen LogP contribution is 2.27. The quantitative estimate of drug-likeness (QED) is 0.770. The molecule has 0 aliphatic rings. The van der Waals surface area contributed by atoms with Gasteiger partial charge in [-0.25, -0.2) is 0 Å². The highest BCUT2D eigenvalue weighted by molar-refractivity contribution is 7.15. The fourth-order valence-electron chi connectivity index (χ4n) is 2.18. The number of rotatable bonds is 8. The van der Waals surface area contributed by atoms with Gasteiger partial charge in [0.15, 0.2) is 0 Å². The Bertz CT molecular complexity index is 565. The van der Waals surface area contributed by atoms with Crippen molar-refractivity contribution in [1.29, 1.82) is 0 Å². The molecule has 0 fully saturated rings. The van der Waals surface area contributed by atoms with Gasteiger partial charge in [0.25, 0.3) is 0 Å². The number of hydrogen-bond donors (Lipinski definition) is 2. The molecule has 1 unspecified atom stereocenters. The zero-order chi connectivity index (χ0) is 15.1. The van der Waals surface area contributed by atoms with Crippen LogP contribution < -0.4 is 5.32 Å². The molecule has 3 nitrogen and oxygen atoms in total. The van der Waals surface area contributed by atoms with Gasteiger partial charge in [0, 0.05) is 16.3 Å². The van der Waals surface area contributed by atoms with Gasteiger partial charge >= 0.3 is 5.97 Å². The molecule has 0 bridgehead atoms. The highest BCUT2D eigenvalue weighted by Gasteiger charge is 2.16. The topological polar surface area (TPSA) is 49.3 Å². The largest absolute Gasteiger partial charge is 0.480 e. The van der Waals surface area contributed by atoms with Gasteiger partial charge in [0.05, 0.1) is 0 Å². The zero-order valence-corrected chi connectivity index (χ0v) is 13.0. The van der Waals surface area contributed by atoms with E-state index in [1.165, 1.54) is 10.4 Å². The Labute approximate surface area is 129 Å². The first-order chi connectivity index (χ1) is 10.2. The van der Waals surface area contributed by atoms with E-state index in [1.807, 2.05) is 18.2 Å². The van der Waals surface area contributed by atoms with Gasteiger partial charge in [-0.1, -0.05) is 50.1 Å². The summed E-state index contributed by atoms with van der Waals surface area (Å²) in [6.45, 7) is 2.68. The smallest absolute Gasteiger partial charge is 0.320 e. The molecule has 1 aromatic heterocycles. The second-order valence-electron chi connectivity index (χ2n) is 5.05. The number of carboxylic acids is 1. The van der Waals surface area contributed by atoms with Crippen molar-refractivity contribution in [2.45, 2.75) is 38.8 Å². The summed E-state index contributed by atoms with van der Waals surface area (Å²) in [4.78, 5) is 13.6. The van der Waals surface area contributed by atoms with Crippen molar-refractivity contribution in [2.75, 3.05) is 0 Å². The van der Waals surface area contributed by atoms with E-state index < -0.39 is 12.0 Å². The van der Waals surface area contributed by atoms with Crippen LogP contribution in [0.5, 0.6) is 0 Å². The van der Waals surface area contributed by atoms with Crippen molar-refractivity contribution >= 4 is 17.3 Å². The van der Waals surface area contributed by atoms with Gasteiger partial charge in [-0.05, 0) is 24.1 Å². The van der Waals surface area contributed by atoms with Crippen molar-refractivity contribution < 1.29 is 9.90 Å². The van der Waals surface area contributed by atoms with Crippen molar-refractivity contribution in [3.05, 3.63) is 47.3 Å². The summed E-state index contributed by atoms with van der Waals surface area (Å²) >= 11 is 1.71. The molecule has 0 spiro atoms. The number of hydrogen-bond acceptors (Lipinski definition) is 3. The standard InChI is InChI=1S/C17H21NO2S/c1-2-3-9-15(17(19)20)18-12-14-10-11-16(21-14)13-7-5-4-6-8-13/h4-8,10-11,15,18H,2-3,9,12H2,1H3,(H,19,20). The maximum atomic E-state index is 11.2. The van der Waals surface area contributed by atoms with Crippen LogP contribution in [-0.4, -0.2) is 17.1 Å². The fraction of sp³-hybridized carbons (Fsp3) is 0.353. The van der Waals surface area contributed by atoms with Gasteiger partial charge in [0.2, 0.25) is 0 Å². The summed E-state index contributed by atoms with van der Waals surface area (Å²) < 4.78 is 0. The minimum Gasteiger partial charge on any atom is -0.480 e. The van der Waals surface area contributed by atoms with Crippen molar-refractivity contribution in [2.24, 2.45) is 0 Å². The molecular formula is C17H21NO2S. The molecule has 0 aliphatic carbocycles. The zero-order valence-electron chi connectivity index (χ0n) is 12.2. The number of thiophene rings is 1. The van der Waals surface area contributed by atoms with Crippen LogP contribution >= 0.6 is 11.3 Å². The third-order valence-corrected chi connectivity index (χ3v) is 4.52. The highest BCUT2D eigenvalue weighted by atomic mass is 32.1. The Morgan fingerprint density at radius 3 is 2.67 bits per heavy atom. The maximum absolute atomic E-state index is 11.2. The lowest BCUT2D eigenvalue weighted by molar-refractivity contribution is -0.139. The van der Waals surface area contributed by atoms with Gasteiger partial charge in [-0.15, -0.1) is 11.3 Å². The minimum atomic E-state index is -0.761. The lowest BCUT2D eigenvalue weighted by atomic mass is 10.1. The lowest BCUT2D eigenvalue weighted by Gasteiger charge is -2.13. The molecule has 2 rings (SSSR count). The number of unbranched alkanes of at least 4 members (excludes halogenated alkanes) is 1. The second-order valence-corrected chi connectivity index (χ2v) is 6.21. The average Bonchev–Trinajstić information content (AvgIpc) is 2.97.